The maximum Gasteiger partial charge on any atom is 0.0213 e. The molecule has 1 rings (SSSR count). The molecule has 102 valence electrons. The van der Waals surface area contributed by atoms with E-state index in [1.165, 1.54) is 17.4 Å². The Hall–Kier alpha value is -0.890. The van der Waals surface area contributed by atoms with Crippen molar-refractivity contribution in [3.63, 3.8) is 0 Å². The van der Waals surface area contributed by atoms with Crippen molar-refractivity contribution in [3.05, 3.63) is 23.3 Å². The summed E-state index contributed by atoms with van der Waals surface area (Å²) in [6, 6.07) is 0. The zero-order chi connectivity index (χ0) is 14.1. The zero-order valence-corrected chi connectivity index (χ0v) is 12.9. The molecule has 2 nitrogen and oxygen atoms in total. The highest BCUT2D eigenvalue weighted by Gasteiger charge is 2.06. The molecule has 0 radical (unpaired) electrons. The van der Waals surface area contributed by atoms with Crippen LogP contribution in [-0.4, -0.2) is 19.3 Å². The molecule has 2 heteroatoms. The lowest BCUT2D eigenvalue weighted by atomic mass is 10.0. The predicted octanol–water partition coefficient (Wildman–Crippen LogP) is 4.58. The summed E-state index contributed by atoms with van der Waals surface area (Å²) in [5.74, 6) is 0. The van der Waals surface area contributed by atoms with Crippen molar-refractivity contribution >= 4 is 6.21 Å². The van der Waals surface area contributed by atoms with E-state index in [4.69, 9.17) is 5.41 Å². The Labute approximate surface area is 109 Å². The van der Waals surface area contributed by atoms with Gasteiger partial charge in [0.2, 0.25) is 0 Å². The maximum absolute atomic E-state index is 7.16. The highest BCUT2D eigenvalue weighted by molar-refractivity contribution is 5.78. The van der Waals surface area contributed by atoms with Crippen LogP contribution < -0.4 is 5.32 Å². The second-order valence-corrected chi connectivity index (χ2v) is 2.62. The number of rotatable bonds is 2. The fourth-order valence-corrected chi connectivity index (χ4v) is 1.25. The van der Waals surface area contributed by atoms with Crippen LogP contribution in [0.3, 0.4) is 0 Å². The summed E-state index contributed by atoms with van der Waals surface area (Å²) < 4.78 is 0. The first-order valence-electron chi connectivity index (χ1n) is 6.94. The molecule has 0 aromatic carbocycles. The van der Waals surface area contributed by atoms with Crippen molar-refractivity contribution in [2.45, 2.75) is 54.9 Å². The van der Waals surface area contributed by atoms with Gasteiger partial charge in [0.15, 0.2) is 0 Å². The fraction of sp³-hybridized carbons (Fsp3) is 0.667. The molecule has 17 heavy (non-hydrogen) atoms. The Balaban J connectivity index is -0.000000285. The lowest BCUT2D eigenvalue weighted by molar-refractivity contribution is 0.701. The van der Waals surface area contributed by atoms with E-state index in [-0.39, 0.29) is 0 Å². The molecule has 0 saturated heterocycles. The number of hydrogen-bond acceptors (Lipinski definition) is 2. The number of hydrogen-bond donors (Lipinski definition) is 2. The van der Waals surface area contributed by atoms with Crippen molar-refractivity contribution < 1.29 is 0 Å². The zero-order valence-electron chi connectivity index (χ0n) is 12.9. The van der Waals surface area contributed by atoms with Gasteiger partial charge in [0.1, 0.15) is 0 Å². The van der Waals surface area contributed by atoms with Crippen LogP contribution in [0.5, 0.6) is 0 Å². The first kappa shape index (κ1) is 21.4. The van der Waals surface area contributed by atoms with Gasteiger partial charge in [-0.3, -0.25) is 0 Å². The van der Waals surface area contributed by atoms with E-state index in [0.717, 1.165) is 19.5 Å². The Morgan fingerprint density at radius 1 is 1.00 bits per heavy atom. The van der Waals surface area contributed by atoms with Crippen molar-refractivity contribution in [2.24, 2.45) is 0 Å². The largest absolute Gasteiger partial charge is 0.312 e. The lowest BCUT2D eigenvalue weighted by Gasteiger charge is -2.15. The minimum absolute atomic E-state index is 0.912. The van der Waals surface area contributed by atoms with Gasteiger partial charge in [0.25, 0.3) is 0 Å². The van der Waals surface area contributed by atoms with Gasteiger partial charge >= 0.3 is 0 Å². The van der Waals surface area contributed by atoms with E-state index in [0.29, 0.717) is 0 Å². The van der Waals surface area contributed by atoms with Gasteiger partial charge in [-0.15, -0.1) is 0 Å². The molecule has 1 aliphatic heterocycles. The molecule has 0 aliphatic carbocycles. The first-order valence-corrected chi connectivity index (χ1v) is 6.94. The van der Waals surface area contributed by atoms with Crippen LogP contribution in [0.2, 0.25) is 0 Å². The Kier molecular flexibility index (Phi) is 25.8. The van der Waals surface area contributed by atoms with Crippen LogP contribution in [0, 0.1) is 5.41 Å². The summed E-state index contributed by atoms with van der Waals surface area (Å²) in [7, 11) is 0. The third-order valence-electron chi connectivity index (χ3n) is 1.84. The van der Waals surface area contributed by atoms with E-state index >= 15 is 0 Å². The van der Waals surface area contributed by atoms with Gasteiger partial charge in [-0.2, -0.15) is 0 Å². The average molecular weight is 240 g/mol. The van der Waals surface area contributed by atoms with Crippen LogP contribution >= 0.6 is 0 Å². The number of nitrogens with one attached hydrogen (secondary N) is 2. The summed E-state index contributed by atoms with van der Waals surface area (Å²) in [5, 5.41) is 10.4. The maximum atomic E-state index is 7.16. The molecule has 0 unspecified atom stereocenters. The standard InChI is InChI=1S/C9H14N2.3C2H6/c1-2-3-9-7-11-5-4-8(9)6-10;3*1-2/h2-3,6,10-11H,4-5,7H2,1H3;3*1-2H3/b3-2-,10-6?;;;. The molecule has 0 fully saturated rings. The molecule has 1 aliphatic rings. The van der Waals surface area contributed by atoms with Crippen LogP contribution in [0.4, 0.5) is 0 Å². The van der Waals surface area contributed by atoms with E-state index < -0.39 is 0 Å². The Bertz CT molecular complexity index is 203. The minimum atomic E-state index is 0.912. The first-order chi connectivity index (χ1) is 8.38. The molecular weight excluding hydrogens is 208 g/mol. The monoisotopic (exact) mass is 240 g/mol. The second-order valence-electron chi connectivity index (χ2n) is 2.62. The molecule has 1 heterocycles. The normalized spacial score (nSPS) is 13.6. The highest BCUT2D eigenvalue weighted by Crippen LogP contribution is 2.10. The average Bonchev–Trinajstić information content (AvgIpc) is 2.46. The SMILES string of the molecule is C/C=C\C1=C(C=N)CCNC1.CC.CC.CC. The molecule has 2 N–H and O–H groups in total. The molecule has 0 saturated carbocycles. The van der Waals surface area contributed by atoms with E-state index in [2.05, 4.69) is 11.4 Å². The summed E-state index contributed by atoms with van der Waals surface area (Å²) in [6.07, 6.45) is 6.55. The molecule has 0 atom stereocenters. The van der Waals surface area contributed by atoms with Crippen molar-refractivity contribution in [3.8, 4) is 0 Å². The minimum Gasteiger partial charge on any atom is -0.312 e. The lowest BCUT2D eigenvalue weighted by Crippen LogP contribution is -2.24. The molecule has 0 spiro atoms. The smallest absolute Gasteiger partial charge is 0.0213 e. The molecule has 0 aromatic heterocycles. The van der Waals surface area contributed by atoms with E-state index in [9.17, 15) is 0 Å². The van der Waals surface area contributed by atoms with Crippen LogP contribution in [0.15, 0.2) is 23.3 Å². The summed E-state index contributed by atoms with van der Waals surface area (Å²) >= 11 is 0. The van der Waals surface area contributed by atoms with Gasteiger partial charge in [-0.05, 0) is 31.0 Å². The third-order valence-corrected chi connectivity index (χ3v) is 1.84. The van der Waals surface area contributed by atoms with Gasteiger partial charge in [-0.25, -0.2) is 0 Å². The molecule has 0 aromatic rings. The fourth-order valence-electron chi connectivity index (χ4n) is 1.25. The Morgan fingerprint density at radius 3 is 1.94 bits per heavy atom. The van der Waals surface area contributed by atoms with Crippen molar-refractivity contribution in [1.29, 1.82) is 5.41 Å². The van der Waals surface area contributed by atoms with Crippen LogP contribution in [-0.2, 0) is 0 Å². The van der Waals surface area contributed by atoms with Gasteiger partial charge in [0, 0.05) is 12.8 Å². The molecule has 0 amide bonds. The number of allylic oxidation sites excluding steroid dienone is 1. The van der Waals surface area contributed by atoms with E-state index in [1.54, 1.807) is 0 Å². The topological polar surface area (TPSA) is 35.9 Å². The third kappa shape index (κ3) is 11.4. The summed E-state index contributed by atoms with van der Waals surface area (Å²) in [4.78, 5) is 0. The molecular formula is C15H32N2. The predicted molar refractivity (Wildman–Crippen MR) is 82.2 cm³/mol. The summed E-state index contributed by atoms with van der Waals surface area (Å²) in [6.45, 7) is 15.9. The quantitative estimate of drug-likeness (QED) is 0.681. The molecule has 0 bridgehead atoms. The van der Waals surface area contributed by atoms with Crippen molar-refractivity contribution in [2.75, 3.05) is 13.1 Å². The van der Waals surface area contributed by atoms with Gasteiger partial charge in [0.05, 0.1) is 0 Å². The van der Waals surface area contributed by atoms with Crippen molar-refractivity contribution in [1.82, 2.24) is 5.32 Å². The summed E-state index contributed by atoms with van der Waals surface area (Å²) in [5.41, 5.74) is 2.43. The van der Waals surface area contributed by atoms with Crippen LogP contribution in [0.25, 0.3) is 0 Å². The van der Waals surface area contributed by atoms with Crippen LogP contribution in [0.1, 0.15) is 54.9 Å². The highest BCUT2D eigenvalue weighted by atomic mass is 14.9. The Morgan fingerprint density at radius 2 is 1.53 bits per heavy atom. The van der Waals surface area contributed by atoms with E-state index in [1.807, 2.05) is 54.5 Å². The van der Waals surface area contributed by atoms with Gasteiger partial charge < -0.3 is 10.7 Å². The van der Waals surface area contributed by atoms with Gasteiger partial charge in [-0.1, -0.05) is 53.7 Å². The second kappa shape index (κ2) is 20.5.